The minimum absolute atomic E-state index is 0.354. The summed E-state index contributed by atoms with van der Waals surface area (Å²) < 4.78 is 38.0. The number of nitrogens with zero attached hydrogens (tertiary/aromatic N) is 2. The molecule has 5 nitrogen and oxygen atoms in total. The van der Waals surface area contributed by atoms with Gasteiger partial charge in [0, 0.05) is 5.56 Å². The van der Waals surface area contributed by atoms with Crippen LogP contribution in [0.4, 0.5) is 19.0 Å². The van der Waals surface area contributed by atoms with Crippen LogP contribution in [0.3, 0.4) is 0 Å². The minimum Gasteiger partial charge on any atom is -0.389 e. The van der Waals surface area contributed by atoms with Crippen LogP contribution in [0.2, 0.25) is 0 Å². The zero-order chi connectivity index (χ0) is 13.9. The fourth-order valence-corrected chi connectivity index (χ4v) is 1.36. The SMILES string of the molecule is N#CCC(O)C(O)c1ccc(N)nc1C(F)(F)F. The van der Waals surface area contributed by atoms with Crippen molar-refractivity contribution in [1.29, 1.82) is 5.26 Å². The number of hydrogen-bond donors (Lipinski definition) is 3. The molecule has 18 heavy (non-hydrogen) atoms. The summed E-state index contributed by atoms with van der Waals surface area (Å²) in [7, 11) is 0. The summed E-state index contributed by atoms with van der Waals surface area (Å²) in [6, 6.07) is 3.55. The fraction of sp³-hybridized carbons (Fsp3) is 0.400. The molecule has 0 spiro atoms. The van der Waals surface area contributed by atoms with E-state index in [4.69, 9.17) is 11.0 Å². The van der Waals surface area contributed by atoms with E-state index in [2.05, 4.69) is 4.98 Å². The molecular formula is C10H10F3N3O2. The number of nitriles is 1. The number of anilines is 1. The molecule has 8 heteroatoms. The van der Waals surface area contributed by atoms with Gasteiger partial charge in [-0.3, -0.25) is 0 Å². The summed E-state index contributed by atoms with van der Waals surface area (Å²) in [5, 5.41) is 27.2. The Kier molecular flexibility index (Phi) is 4.11. The van der Waals surface area contributed by atoms with Crippen molar-refractivity contribution < 1.29 is 23.4 Å². The van der Waals surface area contributed by atoms with E-state index in [9.17, 15) is 23.4 Å². The van der Waals surface area contributed by atoms with E-state index in [0.717, 1.165) is 12.1 Å². The maximum atomic E-state index is 12.7. The van der Waals surface area contributed by atoms with Crippen LogP contribution in [0.5, 0.6) is 0 Å². The van der Waals surface area contributed by atoms with Gasteiger partial charge >= 0.3 is 6.18 Å². The zero-order valence-electron chi connectivity index (χ0n) is 9.02. The fourth-order valence-electron chi connectivity index (χ4n) is 1.36. The first-order valence-corrected chi connectivity index (χ1v) is 4.84. The molecule has 0 radical (unpaired) electrons. The number of nitrogen functional groups attached to an aromatic ring is 1. The van der Waals surface area contributed by atoms with Gasteiger partial charge in [-0.15, -0.1) is 0 Å². The summed E-state index contributed by atoms with van der Waals surface area (Å²) >= 11 is 0. The van der Waals surface area contributed by atoms with Gasteiger partial charge in [-0.2, -0.15) is 18.4 Å². The van der Waals surface area contributed by atoms with Crippen LogP contribution < -0.4 is 5.73 Å². The lowest BCUT2D eigenvalue weighted by molar-refractivity contribution is -0.143. The molecule has 0 fully saturated rings. The number of pyridine rings is 1. The molecule has 0 aromatic carbocycles. The van der Waals surface area contributed by atoms with Gasteiger partial charge in [0.25, 0.3) is 0 Å². The van der Waals surface area contributed by atoms with Crippen molar-refractivity contribution in [3.05, 3.63) is 23.4 Å². The molecule has 1 rings (SSSR count). The minimum atomic E-state index is -4.81. The molecule has 0 saturated carbocycles. The van der Waals surface area contributed by atoms with Crippen LogP contribution in [0, 0.1) is 11.3 Å². The quantitative estimate of drug-likeness (QED) is 0.752. The van der Waals surface area contributed by atoms with Crippen molar-refractivity contribution in [2.75, 3.05) is 5.73 Å². The van der Waals surface area contributed by atoms with Crippen molar-refractivity contribution in [3.63, 3.8) is 0 Å². The highest BCUT2D eigenvalue weighted by molar-refractivity contribution is 5.37. The van der Waals surface area contributed by atoms with Crippen molar-refractivity contribution in [2.45, 2.75) is 24.8 Å². The maximum absolute atomic E-state index is 12.7. The average molecular weight is 261 g/mol. The van der Waals surface area contributed by atoms with Gasteiger partial charge in [-0.25, -0.2) is 4.98 Å². The van der Waals surface area contributed by atoms with Crippen LogP contribution in [-0.2, 0) is 6.18 Å². The van der Waals surface area contributed by atoms with Gasteiger partial charge in [0.1, 0.15) is 11.9 Å². The molecule has 1 aromatic rings. The van der Waals surface area contributed by atoms with E-state index in [0.29, 0.717) is 0 Å². The van der Waals surface area contributed by atoms with Crippen LogP contribution >= 0.6 is 0 Å². The van der Waals surface area contributed by atoms with Crippen LogP contribution in [0.1, 0.15) is 23.8 Å². The average Bonchev–Trinajstić information content (AvgIpc) is 2.27. The van der Waals surface area contributed by atoms with E-state index < -0.39 is 36.1 Å². The lowest BCUT2D eigenvalue weighted by atomic mass is 10.0. The molecule has 1 heterocycles. The maximum Gasteiger partial charge on any atom is 0.433 e. The number of hydrogen-bond acceptors (Lipinski definition) is 5. The molecule has 0 aliphatic rings. The number of aliphatic hydroxyl groups excluding tert-OH is 2. The Labute approximate surface area is 100 Å². The summed E-state index contributed by atoms with van der Waals surface area (Å²) in [6.07, 6.45) is -8.78. The Morgan fingerprint density at radius 2 is 2.00 bits per heavy atom. The molecule has 4 N–H and O–H groups in total. The van der Waals surface area contributed by atoms with Gasteiger partial charge in [0.05, 0.1) is 18.6 Å². The van der Waals surface area contributed by atoms with E-state index >= 15 is 0 Å². The molecule has 0 aliphatic heterocycles. The highest BCUT2D eigenvalue weighted by atomic mass is 19.4. The largest absolute Gasteiger partial charge is 0.433 e. The highest BCUT2D eigenvalue weighted by Gasteiger charge is 2.38. The van der Waals surface area contributed by atoms with Crippen molar-refractivity contribution >= 4 is 5.82 Å². The summed E-state index contributed by atoms with van der Waals surface area (Å²) in [5.41, 5.74) is 3.17. The Morgan fingerprint density at radius 3 is 2.50 bits per heavy atom. The van der Waals surface area contributed by atoms with Gasteiger partial charge in [-0.1, -0.05) is 6.07 Å². The Balaban J connectivity index is 3.20. The molecule has 1 aromatic heterocycles. The standard InChI is InChI=1S/C10H10F3N3O2/c11-10(12,13)9-5(1-2-7(15)16-9)8(18)6(17)3-4-14/h1-2,6,8,17-18H,3H2,(H2,15,16). The van der Waals surface area contributed by atoms with Gasteiger partial charge in [-0.05, 0) is 6.07 Å². The normalized spacial score (nSPS) is 14.9. The molecule has 0 bridgehead atoms. The van der Waals surface area contributed by atoms with E-state index in [-0.39, 0.29) is 5.82 Å². The Bertz CT molecular complexity index is 470. The number of aliphatic hydroxyl groups is 2. The molecule has 0 amide bonds. The first-order valence-electron chi connectivity index (χ1n) is 4.84. The molecule has 0 saturated heterocycles. The third-order valence-corrected chi connectivity index (χ3v) is 2.20. The van der Waals surface area contributed by atoms with Crippen molar-refractivity contribution in [2.24, 2.45) is 0 Å². The molecular weight excluding hydrogens is 251 g/mol. The lowest BCUT2D eigenvalue weighted by Crippen LogP contribution is -2.23. The van der Waals surface area contributed by atoms with Crippen LogP contribution in [-0.4, -0.2) is 21.3 Å². The summed E-state index contributed by atoms with van der Waals surface area (Å²) in [5.74, 6) is -0.354. The molecule has 2 unspecified atom stereocenters. The smallest absolute Gasteiger partial charge is 0.389 e. The Morgan fingerprint density at radius 1 is 1.39 bits per heavy atom. The highest BCUT2D eigenvalue weighted by Crippen LogP contribution is 2.34. The third kappa shape index (κ3) is 3.09. The number of rotatable bonds is 3. The van der Waals surface area contributed by atoms with E-state index in [1.165, 1.54) is 0 Å². The molecule has 98 valence electrons. The van der Waals surface area contributed by atoms with Crippen molar-refractivity contribution in [1.82, 2.24) is 4.98 Å². The predicted molar refractivity (Wildman–Crippen MR) is 54.8 cm³/mol. The molecule has 0 aliphatic carbocycles. The number of halogens is 3. The van der Waals surface area contributed by atoms with Gasteiger partial charge < -0.3 is 15.9 Å². The van der Waals surface area contributed by atoms with Crippen LogP contribution in [0.15, 0.2) is 12.1 Å². The van der Waals surface area contributed by atoms with E-state index in [1.807, 2.05) is 0 Å². The summed E-state index contributed by atoms with van der Waals surface area (Å²) in [4.78, 5) is 3.11. The molecule has 2 atom stereocenters. The second kappa shape index (κ2) is 5.20. The first kappa shape index (κ1) is 14.2. The first-order chi connectivity index (χ1) is 8.27. The lowest BCUT2D eigenvalue weighted by Gasteiger charge is -2.19. The second-order valence-electron chi connectivity index (χ2n) is 3.55. The third-order valence-electron chi connectivity index (χ3n) is 2.20. The van der Waals surface area contributed by atoms with Gasteiger partial charge in [0.15, 0.2) is 5.69 Å². The second-order valence-corrected chi connectivity index (χ2v) is 3.55. The predicted octanol–water partition coefficient (Wildman–Crippen LogP) is 0.991. The Hall–Kier alpha value is -1.85. The topological polar surface area (TPSA) is 103 Å². The number of alkyl halides is 3. The van der Waals surface area contributed by atoms with Crippen molar-refractivity contribution in [3.8, 4) is 6.07 Å². The van der Waals surface area contributed by atoms with Crippen LogP contribution in [0.25, 0.3) is 0 Å². The summed E-state index contributed by atoms with van der Waals surface area (Å²) in [6.45, 7) is 0. The van der Waals surface area contributed by atoms with Gasteiger partial charge in [0.2, 0.25) is 0 Å². The number of nitrogens with two attached hydrogens (primary N) is 1. The zero-order valence-corrected chi connectivity index (χ0v) is 9.02. The number of aromatic nitrogens is 1. The monoisotopic (exact) mass is 261 g/mol. The van der Waals surface area contributed by atoms with E-state index in [1.54, 1.807) is 6.07 Å².